The van der Waals surface area contributed by atoms with Crippen molar-refractivity contribution in [1.82, 2.24) is 0 Å². The van der Waals surface area contributed by atoms with Gasteiger partial charge in [0.05, 0.1) is 32.5 Å². The first-order chi connectivity index (χ1) is 26.1. The Bertz CT molecular complexity index is 2950. The molecule has 6 aromatic rings. The lowest BCUT2D eigenvalue weighted by molar-refractivity contribution is 0.470. The first-order valence-electron chi connectivity index (χ1n) is 15.3. The highest BCUT2D eigenvalue weighted by molar-refractivity contribution is 7.86. The van der Waals surface area contributed by atoms with Gasteiger partial charge in [0.2, 0.25) is 0 Å². The molecule has 22 heteroatoms. The number of phenols is 2. The SMILES string of the molecule is O=S(=O)(O)c1cc(O)c2ccc(N=Nc3ccc(/C=C/c4ccc(N=Nc5ccc6c(O)cc(S(=O)(=O)O)cc6c5)cc4S(=O)(=O)O)c(S(=O)(=O)O)c3)cc2c1. The van der Waals surface area contributed by atoms with Crippen molar-refractivity contribution in [2.75, 3.05) is 0 Å². The van der Waals surface area contributed by atoms with Crippen LogP contribution in [0.2, 0.25) is 0 Å². The number of benzene rings is 6. The molecule has 6 rings (SSSR count). The highest BCUT2D eigenvalue weighted by atomic mass is 32.2. The number of fused-ring (bicyclic) bond motifs is 2. The van der Waals surface area contributed by atoms with Crippen molar-refractivity contribution in [2.45, 2.75) is 19.6 Å². The Hall–Kier alpha value is -5.98. The first kappa shape index (κ1) is 39.7. The zero-order valence-electron chi connectivity index (χ0n) is 27.8. The van der Waals surface area contributed by atoms with Gasteiger partial charge in [-0.25, -0.2) is 0 Å². The summed E-state index contributed by atoms with van der Waals surface area (Å²) < 4.78 is 134. The maximum absolute atomic E-state index is 12.3. The lowest BCUT2D eigenvalue weighted by Crippen LogP contribution is -2.01. The van der Waals surface area contributed by atoms with Crippen LogP contribution >= 0.6 is 0 Å². The largest absolute Gasteiger partial charge is 0.507 e. The fourth-order valence-corrected chi connectivity index (χ4v) is 7.83. The van der Waals surface area contributed by atoms with Gasteiger partial charge in [-0.2, -0.15) is 54.1 Å². The summed E-state index contributed by atoms with van der Waals surface area (Å²) in [7, 11) is -19.1. The Morgan fingerprint density at radius 3 is 1.04 bits per heavy atom. The molecule has 0 aliphatic rings. The molecule has 0 aliphatic carbocycles. The molecule has 0 bridgehead atoms. The lowest BCUT2D eigenvalue weighted by atomic mass is 10.1. The van der Waals surface area contributed by atoms with Gasteiger partial charge < -0.3 is 10.2 Å². The van der Waals surface area contributed by atoms with Gasteiger partial charge in [-0.3, -0.25) is 18.2 Å². The zero-order valence-corrected chi connectivity index (χ0v) is 31.0. The minimum atomic E-state index is -4.91. The minimum absolute atomic E-state index is 0.0696. The third-order valence-electron chi connectivity index (χ3n) is 7.93. The van der Waals surface area contributed by atoms with Gasteiger partial charge in [-0.05, 0) is 94.7 Å². The number of aromatic hydroxyl groups is 2. The van der Waals surface area contributed by atoms with Crippen LogP contribution < -0.4 is 0 Å². The van der Waals surface area contributed by atoms with Crippen LogP contribution in [-0.4, -0.2) is 62.1 Å². The Labute approximate surface area is 317 Å². The van der Waals surface area contributed by atoms with E-state index in [2.05, 4.69) is 20.5 Å². The number of azo groups is 2. The molecule has 0 saturated heterocycles. The van der Waals surface area contributed by atoms with Crippen molar-refractivity contribution in [3.05, 3.63) is 108 Å². The van der Waals surface area contributed by atoms with Gasteiger partial charge in [-0.1, -0.05) is 24.3 Å². The van der Waals surface area contributed by atoms with Gasteiger partial charge in [0, 0.05) is 22.9 Å². The Balaban J connectivity index is 1.29. The second-order valence-electron chi connectivity index (χ2n) is 11.8. The molecular formula is C34H24N4O14S4. The summed E-state index contributed by atoms with van der Waals surface area (Å²) >= 11 is 0. The molecule has 0 saturated carbocycles. The van der Waals surface area contributed by atoms with E-state index in [-0.39, 0.29) is 55.4 Å². The number of phenolic OH excluding ortho intramolecular Hbond substituents is 2. The fourth-order valence-electron chi connectivity index (χ4n) is 5.35. The molecule has 6 N–H and O–H groups in total. The third kappa shape index (κ3) is 8.93. The minimum Gasteiger partial charge on any atom is -0.507 e. The molecule has 0 unspecified atom stereocenters. The molecular weight excluding hydrogens is 817 g/mol. The Morgan fingerprint density at radius 1 is 0.393 bits per heavy atom. The van der Waals surface area contributed by atoms with E-state index in [1.165, 1.54) is 60.7 Å². The smallest absolute Gasteiger partial charge is 0.295 e. The van der Waals surface area contributed by atoms with Crippen molar-refractivity contribution >= 4 is 96.9 Å². The monoisotopic (exact) mass is 840 g/mol. The van der Waals surface area contributed by atoms with E-state index in [1.807, 2.05) is 0 Å². The Morgan fingerprint density at radius 2 is 0.714 bits per heavy atom. The van der Waals surface area contributed by atoms with Crippen molar-refractivity contribution < 1.29 is 62.1 Å². The van der Waals surface area contributed by atoms with Crippen LogP contribution in [0.4, 0.5) is 22.7 Å². The van der Waals surface area contributed by atoms with Crippen LogP contribution in [0.25, 0.3) is 33.7 Å². The van der Waals surface area contributed by atoms with Gasteiger partial charge in [0.1, 0.15) is 21.3 Å². The predicted molar refractivity (Wildman–Crippen MR) is 201 cm³/mol. The maximum Gasteiger partial charge on any atom is 0.295 e. The van der Waals surface area contributed by atoms with Crippen LogP contribution in [0.15, 0.2) is 137 Å². The van der Waals surface area contributed by atoms with E-state index in [4.69, 9.17) is 0 Å². The average Bonchev–Trinajstić information content (AvgIpc) is 3.10. The van der Waals surface area contributed by atoms with E-state index in [1.54, 1.807) is 0 Å². The second-order valence-corrected chi connectivity index (χ2v) is 17.4. The predicted octanol–water partition coefficient (Wildman–Crippen LogP) is 7.39. The summed E-state index contributed by atoms with van der Waals surface area (Å²) in [5.74, 6) is -0.846. The molecule has 0 heterocycles. The summed E-state index contributed by atoms with van der Waals surface area (Å²) in [6.07, 6.45) is 2.28. The molecule has 0 aromatic heterocycles. The molecule has 0 aliphatic heterocycles. The maximum atomic E-state index is 12.3. The quantitative estimate of drug-likeness (QED) is 0.0445. The molecule has 0 fully saturated rings. The van der Waals surface area contributed by atoms with Crippen LogP contribution in [0, 0.1) is 0 Å². The number of hydrogen-bond acceptors (Lipinski definition) is 14. The number of rotatable bonds is 10. The highest BCUT2D eigenvalue weighted by Crippen LogP contribution is 2.35. The fraction of sp³-hybridized carbons (Fsp3) is 0. The lowest BCUT2D eigenvalue weighted by Gasteiger charge is -2.07. The zero-order chi connectivity index (χ0) is 40.8. The summed E-state index contributed by atoms with van der Waals surface area (Å²) in [5.41, 5.74) is -0.131. The van der Waals surface area contributed by atoms with Crippen molar-refractivity contribution in [1.29, 1.82) is 0 Å². The van der Waals surface area contributed by atoms with Gasteiger partial charge in [-0.15, -0.1) is 0 Å². The van der Waals surface area contributed by atoms with Crippen molar-refractivity contribution in [3.63, 3.8) is 0 Å². The van der Waals surface area contributed by atoms with E-state index >= 15 is 0 Å². The van der Waals surface area contributed by atoms with Crippen LogP contribution in [0.3, 0.4) is 0 Å². The molecule has 0 atom stereocenters. The molecule has 18 nitrogen and oxygen atoms in total. The second kappa shape index (κ2) is 14.6. The van der Waals surface area contributed by atoms with Crippen molar-refractivity contribution in [3.8, 4) is 11.5 Å². The van der Waals surface area contributed by atoms with Crippen molar-refractivity contribution in [2.24, 2.45) is 20.5 Å². The van der Waals surface area contributed by atoms with Gasteiger partial charge in [0.25, 0.3) is 40.5 Å². The standard InChI is InChI=1S/C34H24N4O14S4/c39-31-17-27(53(41,42)43)13-21-11-23(7-9-29(21)31)35-37-25-5-3-19(33(15-25)55(47,48)49)1-2-20-4-6-26(16-34(20)56(50,51)52)38-36-24-8-10-30-22(12-24)14-28(18-32(30)40)54(44,45)46/h1-18,39-40H,(H,41,42,43)(H,44,45,46)(H,47,48,49)(H,50,51,52)/b2-1+,37-35?,38-36?. The van der Waals surface area contributed by atoms with Crippen LogP contribution in [0.1, 0.15) is 11.1 Å². The van der Waals surface area contributed by atoms with Gasteiger partial charge >= 0.3 is 0 Å². The van der Waals surface area contributed by atoms with E-state index < -0.39 is 71.6 Å². The molecule has 6 aromatic carbocycles. The molecule has 56 heavy (non-hydrogen) atoms. The summed E-state index contributed by atoms with van der Waals surface area (Å²) in [6, 6.07) is 19.3. The molecule has 288 valence electrons. The van der Waals surface area contributed by atoms with Crippen LogP contribution in [0.5, 0.6) is 11.5 Å². The third-order valence-corrected chi connectivity index (χ3v) is 11.4. The molecule has 0 spiro atoms. The first-order valence-corrected chi connectivity index (χ1v) is 21.1. The average molecular weight is 841 g/mol. The Kier molecular flexibility index (Phi) is 10.3. The number of nitrogens with zero attached hydrogens (tertiary/aromatic N) is 4. The summed E-state index contributed by atoms with van der Waals surface area (Å²) in [4.78, 5) is -2.44. The topological polar surface area (TPSA) is 307 Å². The van der Waals surface area contributed by atoms with E-state index in [0.29, 0.717) is 0 Å². The molecule has 0 amide bonds. The van der Waals surface area contributed by atoms with E-state index in [9.17, 15) is 62.1 Å². The summed E-state index contributed by atoms with van der Waals surface area (Å²) in [5, 5.41) is 37.0. The van der Waals surface area contributed by atoms with E-state index in [0.717, 1.165) is 48.6 Å². The van der Waals surface area contributed by atoms with Gasteiger partial charge in [0.15, 0.2) is 0 Å². The summed E-state index contributed by atoms with van der Waals surface area (Å²) in [6.45, 7) is 0. The number of hydrogen-bond donors (Lipinski definition) is 6. The van der Waals surface area contributed by atoms with Crippen LogP contribution in [-0.2, 0) is 40.5 Å². The normalized spacial score (nSPS) is 13.1. The molecule has 0 radical (unpaired) electrons. The highest BCUT2D eigenvalue weighted by Gasteiger charge is 2.19.